The lowest BCUT2D eigenvalue weighted by Crippen LogP contribution is -2.42. The molecule has 2 aliphatic heterocycles. The number of piperidine rings is 2. The normalized spacial score (nSPS) is 20.6. The number of benzene rings is 1. The van der Waals surface area contributed by atoms with Crippen LogP contribution in [0.1, 0.15) is 61.4 Å². The van der Waals surface area contributed by atoms with Crippen LogP contribution >= 0.6 is 0 Å². The van der Waals surface area contributed by atoms with Crippen molar-refractivity contribution in [3.8, 4) is 0 Å². The Kier molecular flexibility index (Phi) is 6.29. The van der Waals surface area contributed by atoms with Crippen LogP contribution in [0.4, 0.5) is 11.9 Å². The topological polar surface area (TPSA) is 111 Å². The first-order chi connectivity index (χ1) is 14.9. The quantitative estimate of drug-likeness (QED) is 0.730. The Bertz CT molecular complexity index is 1050. The van der Waals surface area contributed by atoms with Gasteiger partial charge in [0, 0.05) is 31.2 Å². The lowest BCUT2D eigenvalue weighted by atomic mass is 10.1. The maximum absolute atomic E-state index is 13.2. The lowest BCUT2D eigenvalue weighted by molar-refractivity contribution is 0.102. The zero-order valence-electron chi connectivity index (χ0n) is 18.1. The molecule has 0 spiro atoms. The van der Waals surface area contributed by atoms with Crippen molar-refractivity contribution in [1.82, 2.24) is 19.5 Å². The number of anilines is 2. The van der Waals surface area contributed by atoms with Gasteiger partial charge < -0.3 is 4.90 Å². The Balaban J connectivity index is 1.53. The Labute approximate surface area is 183 Å². The van der Waals surface area contributed by atoms with E-state index < -0.39 is 15.9 Å². The second-order valence-corrected chi connectivity index (χ2v) is 10.3. The van der Waals surface area contributed by atoms with Crippen molar-refractivity contribution < 1.29 is 13.2 Å². The molecule has 2 fully saturated rings. The number of hydrogen-bond acceptors (Lipinski definition) is 6. The minimum absolute atomic E-state index is 0.0419. The number of aromatic nitrogens is 3. The first-order valence-corrected chi connectivity index (χ1v) is 12.4. The van der Waals surface area contributed by atoms with Crippen LogP contribution in [0, 0.1) is 6.92 Å². The van der Waals surface area contributed by atoms with Crippen molar-refractivity contribution in [2.24, 2.45) is 0 Å². The molecule has 2 N–H and O–H groups in total. The number of nitrogens with one attached hydrogen (secondary N) is 2. The van der Waals surface area contributed by atoms with E-state index in [4.69, 9.17) is 0 Å². The Morgan fingerprint density at radius 2 is 1.87 bits per heavy atom. The fourth-order valence-corrected chi connectivity index (χ4v) is 6.02. The van der Waals surface area contributed by atoms with Gasteiger partial charge in [-0.1, -0.05) is 12.5 Å². The van der Waals surface area contributed by atoms with E-state index in [0.29, 0.717) is 23.6 Å². The van der Waals surface area contributed by atoms with E-state index in [1.54, 1.807) is 23.4 Å². The van der Waals surface area contributed by atoms with Gasteiger partial charge >= 0.3 is 0 Å². The standard InChI is InChI=1S/C21H30N6O3S/c1-15-9-10-17(31(29,30)27-13-7-4-8-16(27)2)14-18(15)19(28)22-20-23-21(25-24-20)26-11-5-3-6-12-26/h9-10,14,16H,3-8,11-13H2,1-2H3,(H2,22,23,24,25,28). The first-order valence-electron chi connectivity index (χ1n) is 11.0. The third-order valence-electron chi connectivity index (χ3n) is 6.15. The van der Waals surface area contributed by atoms with Crippen LogP contribution in [0.25, 0.3) is 0 Å². The van der Waals surface area contributed by atoms with E-state index in [1.807, 2.05) is 6.92 Å². The summed E-state index contributed by atoms with van der Waals surface area (Å²) in [5.41, 5.74) is 1.00. The number of aryl methyl sites for hydroxylation is 1. The molecular weight excluding hydrogens is 416 g/mol. The number of aromatic amines is 1. The number of carbonyl (C=O) groups is 1. The molecule has 1 unspecified atom stereocenters. The summed E-state index contributed by atoms with van der Waals surface area (Å²) in [5.74, 6) is 0.410. The highest BCUT2D eigenvalue weighted by Gasteiger charge is 2.31. The van der Waals surface area contributed by atoms with Crippen molar-refractivity contribution in [3.05, 3.63) is 29.3 Å². The number of sulfonamides is 1. The van der Waals surface area contributed by atoms with Gasteiger partial charge in [-0.3, -0.25) is 10.1 Å². The van der Waals surface area contributed by atoms with Crippen molar-refractivity contribution >= 4 is 27.8 Å². The maximum Gasteiger partial charge on any atom is 0.258 e. The summed E-state index contributed by atoms with van der Waals surface area (Å²) in [4.78, 5) is 19.5. The van der Waals surface area contributed by atoms with Gasteiger partial charge in [-0.2, -0.15) is 9.29 Å². The predicted octanol–water partition coefficient (Wildman–Crippen LogP) is 2.92. The Morgan fingerprint density at radius 1 is 1.13 bits per heavy atom. The molecule has 10 heteroatoms. The molecule has 1 aromatic carbocycles. The summed E-state index contributed by atoms with van der Waals surface area (Å²) in [7, 11) is -3.66. The molecule has 0 aliphatic carbocycles. The van der Waals surface area contributed by atoms with Gasteiger partial charge in [-0.15, -0.1) is 5.10 Å². The molecule has 3 heterocycles. The fourth-order valence-electron chi connectivity index (χ4n) is 4.29. The second-order valence-electron chi connectivity index (χ2n) is 8.42. The summed E-state index contributed by atoms with van der Waals surface area (Å²) in [6.45, 7) is 6.03. The molecule has 168 valence electrons. The van der Waals surface area contributed by atoms with Crippen LogP contribution in [0.15, 0.2) is 23.1 Å². The van der Waals surface area contributed by atoms with Crippen LogP contribution < -0.4 is 10.2 Å². The van der Waals surface area contributed by atoms with E-state index in [2.05, 4.69) is 25.4 Å². The molecule has 0 saturated carbocycles. The average Bonchev–Trinajstić information content (AvgIpc) is 3.23. The van der Waals surface area contributed by atoms with Gasteiger partial charge in [0.05, 0.1) is 4.90 Å². The molecule has 0 bridgehead atoms. The molecule has 0 radical (unpaired) electrons. The largest absolute Gasteiger partial charge is 0.340 e. The molecule has 31 heavy (non-hydrogen) atoms. The van der Waals surface area contributed by atoms with E-state index >= 15 is 0 Å². The van der Waals surface area contributed by atoms with Crippen LogP contribution in [-0.2, 0) is 10.0 Å². The number of nitrogens with zero attached hydrogens (tertiary/aromatic N) is 4. The SMILES string of the molecule is Cc1ccc(S(=O)(=O)N2CCCCC2C)cc1C(=O)Nc1nc(N2CCCCC2)n[nH]1. The number of rotatable bonds is 5. The molecule has 9 nitrogen and oxygen atoms in total. The van der Waals surface area contributed by atoms with Gasteiger partial charge in [-0.05, 0) is 63.6 Å². The maximum atomic E-state index is 13.2. The third kappa shape index (κ3) is 4.59. The van der Waals surface area contributed by atoms with Crippen LogP contribution in [0.3, 0.4) is 0 Å². The minimum atomic E-state index is -3.66. The van der Waals surface area contributed by atoms with Crippen LogP contribution in [-0.4, -0.2) is 59.5 Å². The summed E-state index contributed by atoms with van der Waals surface area (Å²) >= 11 is 0. The number of hydrogen-bond donors (Lipinski definition) is 2. The minimum Gasteiger partial charge on any atom is -0.340 e. The first kappa shape index (κ1) is 21.8. The van der Waals surface area contributed by atoms with Gasteiger partial charge in [0.15, 0.2) is 0 Å². The molecule has 2 aromatic rings. The predicted molar refractivity (Wildman–Crippen MR) is 119 cm³/mol. The lowest BCUT2D eigenvalue weighted by Gasteiger charge is -2.32. The second kappa shape index (κ2) is 8.96. The highest BCUT2D eigenvalue weighted by molar-refractivity contribution is 7.89. The molecular formula is C21H30N6O3S. The fraction of sp³-hybridized carbons (Fsp3) is 0.571. The molecule has 1 aromatic heterocycles. The van der Waals surface area contributed by atoms with Gasteiger partial charge in [0.2, 0.25) is 21.9 Å². The molecule has 1 amide bonds. The van der Waals surface area contributed by atoms with Crippen molar-refractivity contribution in [3.63, 3.8) is 0 Å². The van der Waals surface area contributed by atoms with E-state index in [9.17, 15) is 13.2 Å². The zero-order valence-corrected chi connectivity index (χ0v) is 18.9. The third-order valence-corrected chi connectivity index (χ3v) is 8.16. The van der Waals surface area contributed by atoms with E-state index in [0.717, 1.165) is 45.2 Å². The zero-order chi connectivity index (χ0) is 22.0. The summed E-state index contributed by atoms with van der Waals surface area (Å²) in [5, 5.41) is 9.69. The summed E-state index contributed by atoms with van der Waals surface area (Å²) < 4.78 is 27.9. The summed E-state index contributed by atoms with van der Waals surface area (Å²) in [6.07, 6.45) is 6.15. The number of carbonyl (C=O) groups excluding carboxylic acids is 1. The van der Waals surface area contributed by atoms with Crippen molar-refractivity contribution in [1.29, 1.82) is 0 Å². The van der Waals surface area contributed by atoms with Crippen LogP contribution in [0.2, 0.25) is 0 Å². The summed E-state index contributed by atoms with van der Waals surface area (Å²) in [6, 6.07) is 4.67. The van der Waals surface area contributed by atoms with Crippen molar-refractivity contribution in [2.75, 3.05) is 29.9 Å². The average molecular weight is 447 g/mol. The van der Waals surface area contributed by atoms with E-state index in [-0.39, 0.29) is 16.9 Å². The van der Waals surface area contributed by atoms with Gasteiger partial charge in [0.25, 0.3) is 5.91 Å². The Morgan fingerprint density at radius 3 is 2.61 bits per heavy atom. The van der Waals surface area contributed by atoms with Gasteiger partial charge in [-0.25, -0.2) is 13.5 Å². The Hall–Kier alpha value is -2.46. The number of H-pyrrole nitrogens is 1. The molecule has 2 aliphatic rings. The number of amides is 1. The highest BCUT2D eigenvalue weighted by Crippen LogP contribution is 2.27. The molecule has 1 atom stereocenters. The van der Waals surface area contributed by atoms with Gasteiger partial charge in [0.1, 0.15) is 0 Å². The monoisotopic (exact) mass is 446 g/mol. The molecule has 4 rings (SSSR count). The van der Waals surface area contributed by atoms with Crippen LogP contribution in [0.5, 0.6) is 0 Å². The van der Waals surface area contributed by atoms with Crippen molar-refractivity contribution in [2.45, 2.75) is 63.3 Å². The smallest absolute Gasteiger partial charge is 0.258 e. The molecule has 2 saturated heterocycles. The highest BCUT2D eigenvalue weighted by atomic mass is 32.2. The van der Waals surface area contributed by atoms with E-state index in [1.165, 1.54) is 12.5 Å².